The molecule has 1 heterocycles. The summed E-state index contributed by atoms with van der Waals surface area (Å²) in [6, 6.07) is 0. The van der Waals surface area contributed by atoms with E-state index in [1.807, 2.05) is 17.6 Å². The number of nitrogens with two attached hydrogens (primary N) is 1. The van der Waals surface area contributed by atoms with E-state index in [1.54, 1.807) is 0 Å². The Morgan fingerprint density at radius 2 is 2.17 bits per heavy atom. The number of thiocarbonyl (C=S) groups is 1. The maximum atomic E-state index is 8.50. The van der Waals surface area contributed by atoms with Crippen LogP contribution in [0.1, 0.15) is 0 Å². The maximum absolute atomic E-state index is 8.50. The first-order valence-electron chi connectivity index (χ1n) is 2.70. The first-order valence-corrected chi connectivity index (χ1v) is 6.20. The van der Waals surface area contributed by atoms with Crippen LogP contribution in [0.15, 0.2) is 0 Å². The molecule has 0 spiro atoms. The molecule has 0 amide bonds. The van der Waals surface area contributed by atoms with Crippen molar-refractivity contribution < 1.29 is 25.3 Å². The van der Waals surface area contributed by atoms with Gasteiger partial charge in [0.1, 0.15) is 0 Å². The van der Waals surface area contributed by atoms with Crippen molar-refractivity contribution in [3.8, 4) is 0 Å². The summed E-state index contributed by atoms with van der Waals surface area (Å²) in [6.45, 7) is 1.16. The van der Waals surface area contributed by atoms with Crippen molar-refractivity contribution in [2.75, 3.05) is 12.3 Å². The van der Waals surface area contributed by atoms with E-state index < -0.39 is 18.5 Å². The molecule has 3 N–H and O–H groups in total. The Kier molecular flexibility index (Phi) is 18.0. The quantitative estimate of drug-likeness (QED) is 0.282. The van der Waals surface area contributed by atoms with Crippen LogP contribution in [0.5, 0.6) is 0 Å². The molecule has 8 heteroatoms. The van der Waals surface area contributed by atoms with Gasteiger partial charge in [-0.3, -0.25) is 0 Å². The summed E-state index contributed by atoms with van der Waals surface area (Å²) in [5.41, 5.74) is 4.66. The molecule has 0 aromatic carbocycles. The molecule has 0 bridgehead atoms. The van der Waals surface area contributed by atoms with Crippen LogP contribution in [0, 0.1) is 5.88 Å². The van der Waals surface area contributed by atoms with Crippen molar-refractivity contribution in [3.63, 3.8) is 0 Å². The van der Waals surface area contributed by atoms with Crippen molar-refractivity contribution in [1.29, 1.82) is 0 Å². The summed E-state index contributed by atoms with van der Waals surface area (Å²) in [4.78, 5) is 0. The summed E-state index contributed by atoms with van der Waals surface area (Å²) in [7, 11) is 0. The fourth-order valence-corrected chi connectivity index (χ4v) is 0.884. The van der Waals surface area contributed by atoms with Crippen LogP contribution in [0.2, 0.25) is 0 Å². The summed E-state index contributed by atoms with van der Waals surface area (Å²) in [6.07, 6.45) is 0. The van der Waals surface area contributed by atoms with E-state index in [0.717, 1.165) is 6.54 Å². The Labute approximate surface area is 95.0 Å². The molecule has 12 heavy (non-hydrogen) atoms. The van der Waals surface area contributed by atoms with Crippen molar-refractivity contribution in [3.05, 3.63) is 5.88 Å². The molecule has 0 unspecified atom stereocenters. The average Bonchev–Trinajstić information content (AvgIpc) is 2.40. The zero-order chi connectivity index (χ0) is 9.82. The summed E-state index contributed by atoms with van der Waals surface area (Å²) < 4.78 is 17.1. The molecule has 4 nitrogen and oxygen atoms in total. The number of thioether (sulfide) groups is 1. The predicted octanol–water partition coefficient (Wildman–Crippen LogP) is -0.0211. The van der Waals surface area contributed by atoms with Gasteiger partial charge >= 0.3 is 25.3 Å². The molecule has 1 saturated heterocycles. The van der Waals surface area contributed by atoms with Gasteiger partial charge in [-0.15, -0.1) is 0 Å². The van der Waals surface area contributed by atoms with E-state index in [0.29, 0.717) is 0 Å². The van der Waals surface area contributed by atoms with Gasteiger partial charge < -0.3 is 47.7 Å². The van der Waals surface area contributed by atoms with Crippen LogP contribution in [0.4, 0.5) is 0 Å². The third kappa shape index (κ3) is 31.0. The van der Waals surface area contributed by atoms with Crippen LogP contribution in [0.25, 0.3) is 0 Å². The van der Waals surface area contributed by atoms with Crippen molar-refractivity contribution in [2.24, 2.45) is 5.73 Å². The Morgan fingerprint density at radius 1 is 1.75 bits per heavy atom. The zero-order valence-corrected chi connectivity index (χ0v) is 10.5. The third-order valence-electron chi connectivity index (χ3n) is 0.531. The average molecular weight is 308 g/mol. The van der Waals surface area contributed by atoms with Crippen LogP contribution in [-0.2, 0) is 37.9 Å². The molecule has 70 valence electrons. The second kappa shape index (κ2) is 14.2. The molecule has 0 aromatic heterocycles. The molecule has 0 radical (unpaired) electrons. The van der Waals surface area contributed by atoms with Crippen LogP contribution < -0.4 is 11.1 Å². The third-order valence-corrected chi connectivity index (χ3v) is 1.30. The normalized spacial score (nSPS) is 12.7. The Morgan fingerprint density at radius 3 is 2.25 bits per heavy atom. The summed E-state index contributed by atoms with van der Waals surface area (Å²) in [5.74, 6) is 3.28. The second-order valence-electron chi connectivity index (χ2n) is 1.33. The predicted molar refractivity (Wildman–Crippen MR) is 50.3 cm³/mol. The second-order valence-corrected chi connectivity index (χ2v) is 3.78. The van der Waals surface area contributed by atoms with E-state index in [-0.39, 0.29) is 4.32 Å². The van der Waals surface area contributed by atoms with Crippen molar-refractivity contribution >= 4 is 40.9 Å². The minimum atomic E-state index is -2.03. The Hall–Kier alpha value is 0.708. The standard InChI is InChI=1S/C3H6NS.CH3NS2.Mo.2O/c1-2-5-3-4-1;2-1(3)4;;;/h3-4H,1-2H2;(H3,2,3,4);;;/q-1;;+2;;/p-1. The van der Waals surface area contributed by atoms with Crippen molar-refractivity contribution in [1.82, 2.24) is 5.32 Å². The molecular formula is C4H8MoN2O2S3. The summed E-state index contributed by atoms with van der Waals surface area (Å²) >= 11 is 8.07. The van der Waals surface area contributed by atoms with E-state index in [1.165, 1.54) is 5.75 Å². The van der Waals surface area contributed by atoms with Crippen LogP contribution in [0.3, 0.4) is 0 Å². The van der Waals surface area contributed by atoms with E-state index >= 15 is 0 Å². The first-order chi connectivity index (χ1) is 5.65. The van der Waals surface area contributed by atoms with Gasteiger partial charge in [0.05, 0.1) is 0 Å². The van der Waals surface area contributed by atoms with Gasteiger partial charge in [-0.05, 0) is 12.3 Å². The molecular weight excluding hydrogens is 300 g/mol. The topological polar surface area (TPSA) is 72.2 Å². The van der Waals surface area contributed by atoms with Crippen LogP contribution in [-0.4, -0.2) is 16.6 Å². The van der Waals surface area contributed by atoms with Gasteiger partial charge in [0, 0.05) is 0 Å². The SMILES string of the molecule is NC(=S)[S-].[CH-]1NCCS1.[O]=[Mo+2]=[O]. The molecule has 0 aliphatic carbocycles. The van der Waals surface area contributed by atoms with Gasteiger partial charge in [0.2, 0.25) is 0 Å². The Bertz CT molecular complexity index is 136. The minimum absolute atomic E-state index is 0.0833. The first kappa shape index (κ1) is 15.2. The molecule has 1 aliphatic heterocycles. The Balaban J connectivity index is 0. The van der Waals surface area contributed by atoms with Crippen LogP contribution >= 0.6 is 24.0 Å². The molecule has 0 aromatic rings. The van der Waals surface area contributed by atoms with Crippen molar-refractivity contribution in [2.45, 2.75) is 0 Å². The molecule has 0 atom stereocenters. The van der Waals surface area contributed by atoms with Gasteiger partial charge in [-0.1, -0.05) is 4.32 Å². The van der Waals surface area contributed by atoms with E-state index in [2.05, 4.69) is 35.9 Å². The molecule has 1 aliphatic rings. The van der Waals surface area contributed by atoms with Gasteiger partial charge in [0.25, 0.3) is 0 Å². The van der Waals surface area contributed by atoms with Gasteiger partial charge in [0.15, 0.2) is 0 Å². The number of rotatable bonds is 0. The summed E-state index contributed by atoms with van der Waals surface area (Å²) in [5, 5.41) is 3.06. The van der Waals surface area contributed by atoms with E-state index in [4.69, 9.17) is 6.80 Å². The zero-order valence-electron chi connectivity index (χ0n) is 6.02. The number of hydrogen-bond acceptors (Lipinski definition) is 6. The molecule has 0 saturated carbocycles. The molecule has 1 fully saturated rings. The monoisotopic (exact) mass is 310 g/mol. The number of nitrogens with one attached hydrogen (secondary N) is 1. The van der Waals surface area contributed by atoms with Gasteiger partial charge in [-0.2, -0.15) is 0 Å². The molecule has 1 rings (SSSR count). The van der Waals surface area contributed by atoms with Gasteiger partial charge in [-0.25, -0.2) is 5.88 Å². The fourth-order valence-electron chi connectivity index (χ4n) is 0.295. The van der Waals surface area contributed by atoms with E-state index in [9.17, 15) is 0 Å². The fraction of sp³-hybridized carbons (Fsp3) is 0.500. The number of hydrogen-bond donors (Lipinski definition) is 2.